The second-order valence-electron chi connectivity index (χ2n) is 7.42. The van der Waals surface area contributed by atoms with E-state index in [1.165, 1.54) is 67.8 Å². The fourth-order valence-corrected chi connectivity index (χ4v) is 4.62. The summed E-state index contributed by atoms with van der Waals surface area (Å²) in [5.41, 5.74) is 1.32. The molecular weight excluding hydrogens is 342 g/mol. The maximum Gasteiger partial charge on any atom is 0.0462 e. The largest absolute Gasteiger partial charge is 0.315 e. The minimum Gasteiger partial charge on any atom is -0.315 e. The summed E-state index contributed by atoms with van der Waals surface area (Å²) in [6, 6.07) is 3.39. The average molecular weight is 378 g/mol. The number of thioether (sulfide) groups is 1. The van der Waals surface area contributed by atoms with Gasteiger partial charge in [0.2, 0.25) is 0 Å². The highest BCUT2D eigenvalue weighted by atomic mass is 32.2. The molecule has 0 bridgehead atoms. The molecule has 4 N–H and O–H groups in total. The summed E-state index contributed by atoms with van der Waals surface area (Å²) in [5.74, 6) is 1.19. The summed E-state index contributed by atoms with van der Waals surface area (Å²) in [5, 5.41) is 14.3. The van der Waals surface area contributed by atoms with E-state index in [-0.39, 0.29) is 0 Å². The summed E-state index contributed by atoms with van der Waals surface area (Å²) >= 11 is 1.95. The van der Waals surface area contributed by atoms with E-state index in [9.17, 15) is 0 Å². The fourth-order valence-electron chi connectivity index (χ4n) is 3.68. The van der Waals surface area contributed by atoms with E-state index in [2.05, 4.69) is 32.3 Å². The molecule has 2 aliphatic rings. The first kappa shape index (κ1) is 20.1. The molecule has 1 aromatic rings. The normalized spacial score (nSPS) is 24.8. The minimum absolute atomic E-state index is 0.395. The van der Waals surface area contributed by atoms with Crippen molar-refractivity contribution in [3.8, 4) is 0 Å². The molecule has 3 heterocycles. The number of rotatable bonds is 8. The van der Waals surface area contributed by atoms with Gasteiger partial charge in [0, 0.05) is 42.5 Å². The Balaban J connectivity index is 1.32. The Bertz CT molecular complexity index is 497. The lowest BCUT2D eigenvalue weighted by molar-refractivity contribution is 0.471. The summed E-state index contributed by atoms with van der Waals surface area (Å²) in [7, 11) is 0. The van der Waals surface area contributed by atoms with E-state index in [1.807, 2.05) is 24.2 Å². The Morgan fingerprint density at radius 3 is 2.69 bits per heavy atom. The first-order valence-electron chi connectivity index (χ1n) is 10.4. The minimum atomic E-state index is 0.395. The van der Waals surface area contributed by atoms with E-state index >= 15 is 0 Å². The molecule has 0 aliphatic carbocycles. The number of hydrogen-bond donors (Lipinski definition) is 4. The molecule has 2 fully saturated rings. The van der Waals surface area contributed by atoms with Crippen LogP contribution in [0.3, 0.4) is 0 Å². The van der Waals surface area contributed by atoms with Crippen LogP contribution < -0.4 is 21.3 Å². The number of nitrogens with zero attached hydrogens (tertiary/aromatic N) is 1. The maximum absolute atomic E-state index is 4.47. The second kappa shape index (κ2) is 11.9. The van der Waals surface area contributed by atoms with Gasteiger partial charge in [0.05, 0.1) is 0 Å². The maximum atomic E-state index is 4.47. The molecule has 0 radical (unpaired) electrons. The Hall–Kier alpha value is -0.660. The van der Waals surface area contributed by atoms with Crippen LogP contribution >= 0.6 is 11.8 Å². The molecule has 2 atom stereocenters. The van der Waals surface area contributed by atoms with Crippen molar-refractivity contribution in [2.24, 2.45) is 0 Å². The van der Waals surface area contributed by atoms with Gasteiger partial charge in [0.1, 0.15) is 0 Å². The van der Waals surface area contributed by atoms with Gasteiger partial charge >= 0.3 is 0 Å². The number of hydrogen-bond acceptors (Lipinski definition) is 6. The van der Waals surface area contributed by atoms with Gasteiger partial charge in [-0.3, -0.25) is 4.98 Å². The third-order valence-corrected chi connectivity index (χ3v) is 6.28. The van der Waals surface area contributed by atoms with Gasteiger partial charge in [0.15, 0.2) is 0 Å². The Morgan fingerprint density at radius 2 is 1.77 bits per heavy atom. The van der Waals surface area contributed by atoms with E-state index in [1.54, 1.807) is 0 Å². The van der Waals surface area contributed by atoms with Gasteiger partial charge in [-0.05, 0) is 69.2 Å². The van der Waals surface area contributed by atoms with Crippen LogP contribution in [0.15, 0.2) is 23.4 Å². The van der Waals surface area contributed by atoms with Crippen molar-refractivity contribution in [3.63, 3.8) is 0 Å². The first-order valence-corrected chi connectivity index (χ1v) is 11.4. The van der Waals surface area contributed by atoms with Gasteiger partial charge in [-0.25, -0.2) is 0 Å². The lowest BCUT2D eigenvalue weighted by Crippen LogP contribution is -2.35. The van der Waals surface area contributed by atoms with E-state index in [4.69, 9.17) is 0 Å². The van der Waals surface area contributed by atoms with Gasteiger partial charge in [0.25, 0.3) is 0 Å². The van der Waals surface area contributed by atoms with Crippen LogP contribution in [0.5, 0.6) is 0 Å². The quantitative estimate of drug-likeness (QED) is 0.412. The highest BCUT2D eigenvalue weighted by Crippen LogP contribution is 2.23. The fraction of sp³-hybridized carbons (Fsp3) is 0.750. The third-order valence-electron chi connectivity index (χ3n) is 5.23. The van der Waals surface area contributed by atoms with Crippen molar-refractivity contribution in [3.05, 3.63) is 24.0 Å². The molecule has 3 rings (SSSR count). The van der Waals surface area contributed by atoms with Crippen LogP contribution in [0, 0.1) is 0 Å². The lowest BCUT2D eigenvalue weighted by Gasteiger charge is -2.16. The SMILES string of the molecule is c1ncc(C2CNCCCN2)cc1SCCCCCC1CNCCCN1. The Morgan fingerprint density at radius 1 is 0.923 bits per heavy atom. The zero-order valence-electron chi connectivity index (χ0n) is 15.9. The highest BCUT2D eigenvalue weighted by molar-refractivity contribution is 7.99. The lowest BCUT2D eigenvalue weighted by atomic mass is 10.1. The van der Waals surface area contributed by atoms with E-state index in [0.717, 1.165) is 26.2 Å². The molecule has 0 spiro atoms. The molecule has 26 heavy (non-hydrogen) atoms. The van der Waals surface area contributed by atoms with Crippen molar-refractivity contribution < 1.29 is 0 Å². The van der Waals surface area contributed by atoms with Crippen molar-refractivity contribution in [2.45, 2.75) is 55.5 Å². The molecule has 2 unspecified atom stereocenters. The zero-order valence-corrected chi connectivity index (χ0v) is 16.8. The zero-order chi connectivity index (χ0) is 17.9. The second-order valence-corrected chi connectivity index (χ2v) is 8.59. The van der Waals surface area contributed by atoms with Gasteiger partial charge in [-0.15, -0.1) is 11.8 Å². The molecule has 0 aromatic carbocycles. The summed E-state index contributed by atoms with van der Waals surface area (Å²) in [6.45, 7) is 6.66. The van der Waals surface area contributed by atoms with Gasteiger partial charge < -0.3 is 21.3 Å². The summed E-state index contributed by atoms with van der Waals surface area (Å²) in [6.07, 6.45) is 11.7. The van der Waals surface area contributed by atoms with E-state index < -0.39 is 0 Å². The molecule has 2 saturated heterocycles. The Kier molecular flexibility index (Phi) is 9.21. The average Bonchev–Trinajstić information content (AvgIpc) is 3.10. The molecule has 146 valence electrons. The Labute approximate surface area is 162 Å². The van der Waals surface area contributed by atoms with Crippen molar-refractivity contribution in [1.82, 2.24) is 26.3 Å². The molecular formula is C20H35N5S. The van der Waals surface area contributed by atoms with Crippen LogP contribution in [0.25, 0.3) is 0 Å². The van der Waals surface area contributed by atoms with Crippen LogP contribution in [0.2, 0.25) is 0 Å². The third kappa shape index (κ3) is 7.16. The molecule has 0 saturated carbocycles. The summed E-state index contributed by atoms with van der Waals surface area (Å²) < 4.78 is 0. The molecule has 1 aromatic heterocycles. The van der Waals surface area contributed by atoms with Crippen LogP contribution in [-0.2, 0) is 0 Å². The van der Waals surface area contributed by atoms with Crippen molar-refractivity contribution in [2.75, 3.05) is 45.0 Å². The predicted molar refractivity (Wildman–Crippen MR) is 111 cm³/mol. The van der Waals surface area contributed by atoms with Crippen LogP contribution in [0.4, 0.5) is 0 Å². The number of aromatic nitrogens is 1. The highest BCUT2D eigenvalue weighted by Gasteiger charge is 2.14. The van der Waals surface area contributed by atoms with Crippen LogP contribution in [0.1, 0.15) is 50.1 Å². The van der Waals surface area contributed by atoms with Crippen LogP contribution in [-0.4, -0.2) is 56.0 Å². The molecule has 6 heteroatoms. The smallest absolute Gasteiger partial charge is 0.0462 e. The molecule has 2 aliphatic heterocycles. The van der Waals surface area contributed by atoms with E-state index in [0.29, 0.717) is 12.1 Å². The summed E-state index contributed by atoms with van der Waals surface area (Å²) in [4.78, 5) is 5.78. The monoisotopic (exact) mass is 377 g/mol. The standard InChI is InChI=1S/C20H35N5S/c1(2-6-18-14-21-7-4-9-24-18)3-11-26-19-12-17(13-23-15-19)20-16-22-8-5-10-25-20/h12-13,15,18,20-22,24-25H,1-11,14,16H2. The van der Waals surface area contributed by atoms with Gasteiger partial charge in [-0.1, -0.05) is 12.8 Å². The molecule has 0 amide bonds. The number of pyridine rings is 1. The van der Waals surface area contributed by atoms with Crippen molar-refractivity contribution in [1.29, 1.82) is 0 Å². The molecule has 5 nitrogen and oxygen atoms in total. The van der Waals surface area contributed by atoms with Crippen molar-refractivity contribution >= 4 is 11.8 Å². The topological polar surface area (TPSA) is 61.0 Å². The first-order chi connectivity index (χ1) is 12.9. The van der Waals surface area contributed by atoms with Gasteiger partial charge in [-0.2, -0.15) is 0 Å². The predicted octanol–water partition coefficient (Wildman–Crippen LogP) is 2.31. The number of unbranched alkanes of at least 4 members (excludes halogenated alkanes) is 2. The number of nitrogens with one attached hydrogen (secondary N) is 4.